The second-order valence-corrected chi connectivity index (χ2v) is 7.63. The molecule has 138 valence electrons. The van der Waals surface area contributed by atoms with E-state index < -0.39 is 0 Å². The number of nitrogens with zero attached hydrogens (tertiary/aromatic N) is 4. The number of aliphatic imine (C=N–C) groups is 1. The van der Waals surface area contributed by atoms with Crippen LogP contribution in [-0.2, 0) is 0 Å². The maximum atomic E-state index is 4.44. The number of piperidine rings is 1. The molecule has 1 atom stereocenters. The molecule has 0 radical (unpaired) electrons. The number of hydrogen-bond acceptors (Lipinski definition) is 4. The van der Waals surface area contributed by atoms with Crippen molar-refractivity contribution in [1.29, 1.82) is 0 Å². The van der Waals surface area contributed by atoms with Crippen molar-refractivity contribution >= 4 is 29.9 Å². The van der Waals surface area contributed by atoms with Crippen LogP contribution in [0.2, 0.25) is 0 Å². The van der Waals surface area contributed by atoms with Crippen molar-refractivity contribution in [3.63, 3.8) is 0 Å². The van der Waals surface area contributed by atoms with Gasteiger partial charge in [-0.25, -0.2) is 0 Å². The molecule has 7 heteroatoms. The van der Waals surface area contributed by atoms with Crippen molar-refractivity contribution in [2.24, 2.45) is 4.99 Å². The average Bonchev–Trinajstić information content (AvgIpc) is 3.45. The van der Waals surface area contributed by atoms with Crippen LogP contribution in [0.15, 0.2) is 4.99 Å². The van der Waals surface area contributed by atoms with Gasteiger partial charge in [0.2, 0.25) is 0 Å². The summed E-state index contributed by atoms with van der Waals surface area (Å²) in [7, 11) is 1.89. The molecule has 5 aliphatic rings. The number of likely N-dealkylation sites (tertiary alicyclic amines) is 1. The average molecular weight is 448 g/mol. The van der Waals surface area contributed by atoms with Gasteiger partial charge in [0, 0.05) is 77.5 Å². The molecule has 1 saturated carbocycles. The van der Waals surface area contributed by atoms with Crippen LogP contribution in [0.1, 0.15) is 25.7 Å². The van der Waals surface area contributed by atoms with Crippen LogP contribution in [0.25, 0.3) is 0 Å². The molecule has 4 aliphatic heterocycles. The van der Waals surface area contributed by atoms with Crippen LogP contribution < -0.4 is 10.6 Å². The molecule has 4 heterocycles. The maximum Gasteiger partial charge on any atom is 0.191 e. The van der Waals surface area contributed by atoms with Crippen molar-refractivity contribution in [3.8, 4) is 0 Å². The lowest BCUT2D eigenvalue weighted by Gasteiger charge is -2.47. The van der Waals surface area contributed by atoms with Gasteiger partial charge in [-0.2, -0.15) is 0 Å². The zero-order valence-corrected chi connectivity index (χ0v) is 17.2. The number of halogens is 1. The largest absolute Gasteiger partial charge is 0.355 e. The highest BCUT2D eigenvalue weighted by molar-refractivity contribution is 14.0. The molecule has 5 fully saturated rings. The summed E-state index contributed by atoms with van der Waals surface area (Å²) in [6.07, 6.45) is 5.35. The molecule has 24 heavy (non-hydrogen) atoms. The Labute approximate surface area is 163 Å². The summed E-state index contributed by atoms with van der Waals surface area (Å²) in [5.41, 5.74) is 0. The summed E-state index contributed by atoms with van der Waals surface area (Å²) in [5, 5.41) is 7.22. The Morgan fingerprint density at radius 2 is 1.67 bits per heavy atom. The molecule has 4 saturated heterocycles. The van der Waals surface area contributed by atoms with E-state index in [-0.39, 0.29) is 24.0 Å². The van der Waals surface area contributed by atoms with Gasteiger partial charge in [-0.3, -0.25) is 14.8 Å². The molecule has 0 spiro atoms. The highest BCUT2D eigenvalue weighted by Gasteiger charge is 2.33. The number of piperazine rings is 3. The Balaban J connectivity index is 0.00000169. The predicted octanol–water partition coefficient (Wildman–Crippen LogP) is 0.396. The molecule has 0 aromatic rings. The lowest BCUT2D eigenvalue weighted by atomic mass is 10.1. The van der Waals surface area contributed by atoms with Gasteiger partial charge in [-0.1, -0.05) is 0 Å². The van der Waals surface area contributed by atoms with Crippen LogP contribution in [0.4, 0.5) is 0 Å². The highest BCUT2D eigenvalue weighted by Crippen LogP contribution is 2.29. The molecule has 0 aromatic carbocycles. The van der Waals surface area contributed by atoms with E-state index >= 15 is 0 Å². The summed E-state index contributed by atoms with van der Waals surface area (Å²) < 4.78 is 0. The zero-order chi connectivity index (χ0) is 15.6. The van der Waals surface area contributed by atoms with Gasteiger partial charge in [0.15, 0.2) is 5.96 Å². The third kappa shape index (κ3) is 4.53. The normalized spacial score (nSPS) is 34.7. The van der Waals surface area contributed by atoms with E-state index in [1.54, 1.807) is 0 Å². The minimum absolute atomic E-state index is 0. The number of nitrogens with one attached hydrogen (secondary N) is 2. The summed E-state index contributed by atoms with van der Waals surface area (Å²) in [4.78, 5) is 12.3. The second-order valence-electron chi connectivity index (χ2n) is 7.63. The Hall–Kier alpha value is -0.120. The maximum absolute atomic E-state index is 4.44. The molecule has 1 unspecified atom stereocenters. The fourth-order valence-corrected chi connectivity index (χ4v) is 4.37. The smallest absolute Gasteiger partial charge is 0.191 e. The van der Waals surface area contributed by atoms with Crippen molar-refractivity contribution in [2.75, 3.05) is 59.4 Å². The van der Waals surface area contributed by atoms with Crippen molar-refractivity contribution in [1.82, 2.24) is 25.3 Å². The van der Waals surface area contributed by atoms with Crippen LogP contribution in [0, 0.1) is 0 Å². The first-order valence-electron chi connectivity index (χ1n) is 9.49. The number of rotatable bonds is 4. The van der Waals surface area contributed by atoms with Crippen molar-refractivity contribution < 1.29 is 0 Å². The first kappa shape index (κ1) is 18.7. The Bertz CT molecular complexity index is 425. The standard InChI is InChI=1S/C17H32N6.HI/c1-18-17(19-12-16-13-21-8-10-23(16)11-9-21)20-14-4-6-22(7-5-14)15-2-3-15;/h14-16H,2-13H2,1H3,(H2,18,19,20);1H. The van der Waals surface area contributed by atoms with Gasteiger partial charge in [-0.05, 0) is 25.7 Å². The van der Waals surface area contributed by atoms with Crippen LogP contribution in [0.3, 0.4) is 0 Å². The van der Waals surface area contributed by atoms with Crippen molar-refractivity contribution in [2.45, 2.75) is 43.8 Å². The van der Waals surface area contributed by atoms with Crippen molar-refractivity contribution in [3.05, 3.63) is 0 Å². The first-order chi connectivity index (χ1) is 11.3. The minimum Gasteiger partial charge on any atom is -0.355 e. The molecule has 6 nitrogen and oxygen atoms in total. The van der Waals surface area contributed by atoms with E-state index in [4.69, 9.17) is 0 Å². The lowest BCUT2D eigenvalue weighted by molar-refractivity contribution is 0.0154. The van der Waals surface area contributed by atoms with Gasteiger partial charge in [0.05, 0.1) is 0 Å². The fourth-order valence-electron chi connectivity index (χ4n) is 4.37. The second kappa shape index (κ2) is 8.51. The van der Waals surface area contributed by atoms with E-state index in [1.165, 1.54) is 71.5 Å². The molecule has 5 rings (SSSR count). The molecule has 0 amide bonds. The van der Waals surface area contributed by atoms with Gasteiger partial charge >= 0.3 is 0 Å². The Morgan fingerprint density at radius 1 is 0.958 bits per heavy atom. The van der Waals surface area contributed by atoms with E-state index in [0.717, 1.165) is 18.5 Å². The summed E-state index contributed by atoms with van der Waals surface area (Å²) >= 11 is 0. The zero-order valence-electron chi connectivity index (χ0n) is 14.9. The molecule has 2 bridgehead atoms. The Morgan fingerprint density at radius 3 is 2.21 bits per heavy atom. The third-order valence-corrected chi connectivity index (χ3v) is 6.05. The predicted molar refractivity (Wildman–Crippen MR) is 109 cm³/mol. The first-order valence-corrected chi connectivity index (χ1v) is 9.49. The monoisotopic (exact) mass is 448 g/mol. The molecule has 0 aromatic heterocycles. The van der Waals surface area contributed by atoms with E-state index in [9.17, 15) is 0 Å². The number of hydrogen-bond donors (Lipinski definition) is 2. The number of guanidine groups is 1. The fraction of sp³-hybridized carbons (Fsp3) is 0.941. The lowest BCUT2D eigenvalue weighted by Crippen LogP contribution is -2.64. The SMILES string of the molecule is CN=C(NCC1CN2CCN1CC2)NC1CCN(C2CC2)CC1.I. The third-order valence-electron chi connectivity index (χ3n) is 6.05. The van der Waals surface area contributed by atoms with Gasteiger partial charge < -0.3 is 15.5 Å². The summed E-state index contributed by atoms with van der Waals surface area (Å²) in [5.74, 6) is 0.993. The molecular formula is C17H33IN6. The minimum atomic E-state index is 0. The topological polar surface area (TPSA) is 46.1 Å². The summed E-state index contributed by atoms with van der Waals surface area (Å²) in [6, 6.07) is 2.15. The molecular weight excluding hydrogens is 415 g/mol. The van der Waals surface area contributed by atoms with Gasteiger partial charge in [-0.15, -0.1) is 24.0 Å². The summed E-state index contributed by atoms with van der Waals surface area (Å²) in [6.45, 7) is 9.71. The highest BCUT2D eigenvalue weighted by atomic mass is 127. The van der Waals surface area contributed by atoms with Crippen LogP contribution in [-0.4, -0.2) is 98.2 Å². The van der Waals surface area contributed by atoms with Crippen LogP contribution >= 0.6 is 24.0 Å². The number of fused-ring (bicyclic) bond motifs is 3. The quantitative estimate of drug-likeness (QED) is 0.371. The van der Waals surface area contributed by atoms with Gasteiger partial charge in [0.25, 0.3) is 0 Å². The molecule has 1 aliphatic carbocycles. The Kier molecular flexibility index (Phi) is 6.62. The van der Waals surface area contributed by atoms with Gasteiger partial charge in [0.1, 0.15) is 0 Å². The van der Waals surface area contributed by atoms with E-state index in [1.807, 2.05) is 7.05 Å². The van der Waals surface area contributed by atoms with E-state index in [0.29, 0.717) is 12.1 Å². The van der Waals surface area contributed by atoms with Crippen LogP contribution in [0.5, 0.6) is 0 Å². The molecule has 2 N–H and O–H groups in total. The van der Waals surface area contributed by atoms with E-state index in [2.05, 4.69) is 30.3 Å².